The highest BCUT2D eigenvalue weighted by molar-refractivity contribution is 7.10. The van der Waals surface area contributed by atoms with Gasteiger partial charge in [0.2, 0.25) is 0 Å². The number of amides is 1. The van der Waals surface area contributed by atoms with Gasteiger partial charge < -0.3 is 9.73 Å². The third-order valence-electron chi connectivity index (χ3n) is 5.26. The molecule has 1 fully saturated rings. The minimum Gasteiger partial charge on any atom is -0.451 e. The number of benzene rings is 1. The van der Waals surface area contributed by atoms with Crippen molar-refractivity contribution in [3.63, 3.8) is 0 Å². The summed E-state index contributed by atoms with van der Waals surface area (Å²) < 4.78 is 19.2. The first-order chi connectivity index (χ1) is 13.1. The molecule has 3 heterocycles. The number of thiophene rings is 1. The topological polar surface area (TPSA) is 45.5 Å². The van der Waals surface area contributed by atoms with Gasteiger partial charge in [-0.25, -0.2) is 4.39 Å². The van der Waals surface area contributed by atoms with Crippen molar-refractivity contribution in [1.29, 1.82) is 0 Å². The number of nitrogens with one attached hydrogen (secondary N) is 1. The van der Waals surface area contributed by atoms with E-state index in [9.17, 15) is 9.18 Å². The molecule has 4 nitrogen and oxygen atoms in total. The summed E-state index contributed by atoms with van der Waals surface area (Å²) in [5, 5.41) is 5.76. The molecular formula is C21H23FN2O2S. The Morgan fingerprint density at radius 1 is 1.30 bits per heavy atom. The first-order valence-electron chi connectivity index (χ1n) is 9.38. The molecule has 27 heavy (non-hydrogen) atoms. The fraction of sp³-hybridized carbons (Fsp3) is 0.381. The van der Waals surface area contributed by atoms with Crippen molar-refractivity contribution in [1.82, 2.24) is 10.2 Å². The summed E-state index contributed by atoms with van der Waals surface area (Å²) >= 11 is 1.72. The summed E-state index contributed by atoms with van der Waals surface area (Å²) in [6.45, 7) is 4.44. The molecule has 2 aromatic heterocycles. The van der Waals surface area contributed by atoms with Crippen LogP contribution < -0.4 is 5.32 Å². The fourth-order valence-electron chi connectivity index (χ4n) is 3.80. The number of rotatable bonds is 5. The van der Waals surface area contributed by atoms with E-state index in [2.05, 4.69) is 27.7 Å². The number of halogens is 1. The van der Waals surface area contributed by atoms with Crippen molar-refractivity contribution < 1.29 is 13.6 Å². The maximum Gasteiger partial charge on any atom is 0.287 e. The third kappa shape index (κ3) is 3.77. The molecule has 1 aromatic carbocycles. The van der Waals surface area contributed by atoms with Crippen LogP contribution in [0.2, 0.25) is 0 Å². The molecular weight excluding hydrogens is 363 g/mol. The van der Waals surface area contributed by atoms with Gasteiger partial charge in [-0.1, -0.05) is 12.5 Å². The van der Waals surface area contributed by atoms with Crippen molar-refractivity contribution in [3.05, 3.63) is 57.7 Å². The normalized spacial score (nSPS) is 16.5. The average molecular weight is 386 g/mol. The maximum atomic E-state index is 13.5. The zero-order valence-electron chi connectivity index (χ0n) is 15.3. The van der Waals surface area contributed by atoms with Crippen molar-refractivity contribution in [2.24, 2.45) is 0 Å². The summed E-state index contributed by atoms with van der Waals surface area (Å²) in [6, 6.07) is 8.68. The molecule has 0 radical (unpaired) electrons. The lowest BCUT2D eigenvalue weighted by atomic mass is 10.1. The Morgan fingerprint density at radius 3 is 2.85 bits per heavy atom. The van der Waals surface area contributed by atoms with Crippen LogP contribution in [0, 0.1) is 12.7 Å². The summed E-state index contributed by atoms with van der Waals surface area (Å²) in [5.74, 6) is -0.317. The van der Waals surface area contributed by atoms with Gasteiger partial charge in [0.15, 0.2) is 5.76 Å². The molecule has 1 saturated heterocycles. The first-order valence-corrected chi connectivity index (χ1v) is 10.3. The molecule has 3 aromatic rings. The Kier molecular flexibility index (Phi) is 5.27. The lowest BCUT2D eigenvalue weighted by Crippen LogP contribution is -2.40. The second-order valence-corrected chi connectivity index (χ2v) is 8.01. The Morgan fingerprint density at radius 2 is 2.11 bits per heavy atom. The van der Waals surface area contributed by atoms with Crippen LogP contribution in [0.1, 0.15) is 46.3 Å². The number of carbonyl (C=O) groups excluding carboxylic acids is 1. The SMILES string of the molecule is Cc1c(C(=O)NCC(c2cccs2)N2CCCCC2)oc2ccc(F)cc12. The number of fused-ring (bicyclic) bond motifs is 1. The highest BCUT2D eigenvalue weighted by atomic mass is 32.1. The average Bonchev–Trinajstić information content (AvgIpc) is 3.32. The van der Waals surface area contributed by atoms with E-state index in [-0.39, 0.29) is 23.5 Å². The van der Waals surface area contributed by atoms with Crippen molar-refractivity contribution >= 4 is 28.2 Å². The number of aryl methyl sites for hydroxylation is 1. The van der Waals surface area contributed by atoms with Gasteiger partial charge in [-0.2, -0.15) is 0 Å². The summed E-state index contributed by atoms with van der Waals surface area (Å²) in [6.07, 6.45) is 3.67. The third-order valence-corrected chi connectivity index (χ3v) is 6.24. The Bertz CT molecular complexity index is 929. The number of hydrogen-bond acceptors (Lipinski definition) is 4. The quantitative estimate of drug-likeness (QED) is 0.678. The number of hydrogen-bond donors (Lipinski definition) is 1. The standard InChI is InChI=1S/C21H23FN2O2S/c1-14-16-12-15(22)7-8-18(16)26-20(14)21(25)23-13-17(19-6-5-11-27-19)24-9-3-2-4-10-24/h5-8,11-12,17H,2-4,9-10,13H2,1H3,(H,23,25). The number of likely N-dealkylation sites (tertiary alicyclic amines) is 1. The van der Waals surface area contributed by atoms with E-state index in [1.165, 1.54) is 36.3 Å². The number of carbonyl (C=O) groups is 1. The van der Waals surface area contributed by atoms with E-state index in [1.54, 1.807) is 24.3 Å². The van der Waals surface area contributed by atoms with Crippen molar-refractivity contribution in [2.75, 3.05) is 19.6 Å². The molecule has 1 amide bonds. The molecule has 0 saturated carbocycles. The van der Waals surface area contributed by atoms with Gasteiger partial charge in [0.25, 0.3) is 5.91 Å². The Hall–Kier alpha value is -2.18. The van der Waals surface area contributed by atoms with Crippen LogP contribution in [0.15, 0.2) is 40.1 Å². The molecule has 4 rings (SSSR count). The minimum atomic E-state index is -0.332. The van der Waals surface area contributed by atoms with Crippen LogP contribution in [-0.2, 0) is 0 Å². The van der Waals surface area contributed by atoms with Crippen LogP contribution >= 0.6 is 11.3 Å². The van der Waals surface area contributed by atoms with E-state index in [0.29, 0.717) is 23.1 Å². The zero-order chi connectivity index (χ0) is 18.8. The molecule has 1 aliphatic heterocycles. The second kappa shape index (κ2) is 7.82. The number of furan rings is 1. The highest BCUT2D eigenvalue weighted by Crippen LogP contribution is 2.29. The van der Waals surface area contributed by atoms with Crippen LogP contribution in [0.4, 0.5) is 4.39 Å². The van der Waals surface area contributed by atoms with Crippen LogP contribution in [0.5, 0.6) is 0 Å². The number of piperidine rings is 1. The van der Waals surface area contributed by atoms with E-state index < -0.39 is 0 Å². The molecule has 0 spiro atoms. The summed E-state index contributed by atoms with van der Waals surface area (Å²) in [5.41, 5.74) is 1.21. The summed E-state index contributed by atoms with van der Waals surface area (Å²) in [4.78, 5) is 16.5. The van der Waals surface area contributed by atoms with Crippen LogP contribution in [0.25, 0.3) is 11.0 Å². The molecule has 0 bridgehead atoms. The maximum absolute atomic E-state index is 13.5. The molecule has 6 heteroatoms. The Labute approximate surface area is 162 Å². The summed E-state index contributed by atoms with van der Waals surface area (Å²) in [7, 11) is 0. The van der Waals surface area contributed by atoms with Gasteiger partial charge in [0.1, 0.15) is 11.4 Å². The largest absolute Gasteiger partial charge is 0.451 e. The van der Waals surface area contributed by atoms with E-state index in [4.69, 9.17) is 4.42 Å². The lowest BCUT2D eigenvalue weighted by molar-refractivity contribution is 0.0899. The molecule has 1 aliphatic rings. The van der Waals surface area contributed by atoms with Crippen LogP contribution in [-0.4, -0.2) is 30.4 Å². The van der Waals surface area contributed by atoms with E-state index in [1.807, 2.05) is 0 Å². The Balaban J connectivity index is 1.52. The first kappa shape index (κ1) is 18.2. The molecule has 142 valence electrons. The van der Waals surface area contributed by atoms with Gasteiger partial charge in [-0.3, -0.25) is 9.69 Å². The fourth-order valence-corrected chi connectivity index (χ4v) is 4.66. The predicted molar refractivity (Wildman–Crippen MR) is 106 cm³/mol. The minimum absolute atomic E-state index is 0.177. The smallest absolute Gasteiger partial charge is 0.287 e. The lowest BCUT2D eigenvalue weighted by Gasteiger charge is -2.34. The molecule has 0 aliphatic carbocycles. The number of nitrogens with zero attached hydrogens (tertiary/aromatic N) is 1. The monoisotopic (exact) mass is 386 g/mol. The van der Waals surface area contributed by atoms with E-state index >= 15 is 0 Å². The van der Waals surface area contributed by atoms with Crippen LogP contribution in [0.3, 0.4) is 0 Å². The van der Waals surface area contributed by atoms with Gasteiger partial charge >= 0.3 is 0 Å². The van der Waals surface area contributed by atoms with Gasteiger partial charge in [0, 0.05) is 22.4 Å². The zero-order valence-corrected chi connectivity index (χ0v) is 16.2. The van der Waals surface area contributed by atoms with Gasteiger partial charge in [0.05, 0.1) is 6.04 Å². The highest BCUT2D eigenvalue weighted by Gasteiger charge is 2.25. The van der Waals surface area contributed by atoms with Gasteiger partial charge in [-0.15, -0.1) is 11.3 Å². The molecule has 1 atom stereocenters. The molecule has 1 unspecified atom stereocenters. The predicted octanol–water partition coefficient (Wildman–Crippen LogP) is 4.90. The van der Waals surface area contributed by atoms with Gasteiger partial charge in [-0.05, 0) is 62.5 Å². The second-order valence-electron chi connectivity index (χ2n) is 7.03. The molecule has 1 N–H and O–H groups in total. The van der Waals surface area contributed by atoms with Crippen molar-refractivity contribution in [2.45, 2.75) is 32.2 Å². The van der Waals surface area contributed by atoms with E-state index in [0.717, 1.165) is 13.1 Å². The van der Waals surface area contributed by atoms with Crippen molar-refractivity contribution in [3.8, 4) is 0 Å².